The highest BCUT2D eigenvalue weighted by atomic mass is 32.2. The molecule has 8 heteroatoms. The van der Waals surface area contributed by atoms with E-state index in [0.717, 1.165) is 18.4 Å². The summed E-state index contributed by atoms with van der Waals surface area (Å²) in [6.07, 6.45) is 3.57. The summed E-state index contributed by atoms with van der Waals surface area (Å²) in [7, 11) is -5.70. The fourth-order valence-corrected chi connectivity index (χ4v) is 4.78. The van der Waals surface area contributed by atoms with E-state index in [1.165, 1.54) is 34.4 Å². The first-order chi connectivity index (χ1) is 16.7. The van der Waals surface area contributed by atoms with Gasteiger partial charge in [-0.25, -0.2) is 0 Å². The minimum absolute atomic E-state index is 0.0000215. The molecule has 0 bridgehead atoms. The molecular weight excluding hydrogens is 493 g/mol. The number of fused-ring (bicyclic) bond motifs is 1. The Morgan fingerprint density at radius 3 is 2.06 bits per heavy atom. The molecule has 0 N–H and O–H groups in total. The van der Waals surface area contributed by atoms with Gasteiger partial charge in [0.05, 0.1) is 0 Å². The molecule has 0 heterocycles. The van der Waals surface area contributed by atoms with Gasteiger partial charge in [-0.2, -0.15) is 34.2 Å². The van der Waals surface area contributed by atoms with E-state index >= 15 is 0 Å². The molecule has 0 saturated heterocycles. The van der Waals surface area contributed by atoms with Crippen molar-refractivity contribution in [2.24, 2.45) is 0 Å². The molecule has 0 aliphatic heterocycles. The monoisotopic (exact) mass is 524 g/mol. The Kier molecular flexibility index (Phi) is 10.3. The Labute approximate surface area is 211 Å². The van der Waals surface area contributed by atoms with Crippen LogP contribution in [0.2, 0.25) is 0 Å². The van der Waals surface area contributed by atoms with Crippen molar-refractivity contribution in [3.63, 3.8) is 0 Å². The van der Waals surface area contributed by atoms with Crippen LogP contribution in [0.25, 0.3) is 0 Å². The summed E-state index contributed by atoms with van der Waals surface area (Å²) >= 11 is 3.53. The van der Waals surface area contributed by atoms with Crippen molar-refractivity contribution in [1.29, 1.82) is 0 Å². The van der Waals surface area contributed by atoms with Crippen LogP contribution >= 0.6 is 12.6 Å². The SMILES string of the molecule is CC.CS.Cc1ccc2c(c1)CCC(c1ccccc1)C2c1ccc(OS(=O)(=O)C(F)(F)F)cc1. The molecule has 3 aromatic carbocycles. The molecule has 4 rings (SSSR count). The van der Waals surface area contributed by atoms with Crippen LogP contribution in [-0.2, 0) is 16.5 Å². The number of halogens is 3. The van der Waals surface area contributed by atoms with Crippen molar-refractivity contribution < 1.29 is 25.8 Å². The maximum absolute atomic E-state index is 12.6. The zero-order valence-corrected chi connectivity index (χ0v) is 21.9. The predicted octanol–water partition coefficient (Wildman–Crippen LogP) is 7.66. The normalized spacial score (nSPS) is 17.1. The lowest BCUT2D eigenvalue weighted by molar-refractivity contribution is -0.0500. The Balaban J connectivity index is 0.00000103. The largest absolute Gasteiger partial charge is 0.534 e. The molecule has 0 fully saturated rings. The zero-order valence-electron chi connectivity index (χ0n) is 20.2. The Morgan fingerprint density at radius 2 is 1.49 bits per heavy atom. The number of aryl methyl sites for hydroxylation is 2. The first-order valence-corrected chi connectivity index (χ1v) is 13.7. The third-order valence-corrected chi connectivity index (χ3v) is 6.70. The van der Waals surface area contributed by atoms with E-state index in [4.69, 9.17) is 0 Å². The fourth-order valence-electron chi connectivity index (χ4n) is 4.32. The van der Waals surface area contributed by atoms with Gasteiger partial charge in [-0.15, -0.1) is 0 Å². The summed E-state index contributed by atoms with van der Waals surface area (Å²) in [6.45, 7) is 6.05. The minimum atomic E-state index is -5.70. The molecule has 2 unspecified atom stereocenters. The van der Waals surface area contributed by atoms with E-state index in [1.54, 1.807) is 18.4 Å². The number of hydrogen-bond donors (Lipinski definition) is 1. The smallest absolute Gasteiger partial charge is 0.376 e. The number of alkyl halides is 3. The molecule has 0 saturated carbocycles. The van der Waals surface area contributed by atoms with Gasteiger partial charge < -0.3 is 4.18 Å². The summed E-state index contributed by atoms with van der Waals surface area (Å²) in [5.74, 6) is -0.167. The van der Waals surface area contributed by atoms with Crippen LogP contribution in [-0.4, -0.2) is 20.2 Å². The van der Waals surface area contributed by atoms with E-state index in [2.05, 4.69) is 47.1 Å². The molecule has 2 atom stereocenters. The summed E-state index contributed by atoms with van der Waals surface area (Å²) in [5.41, 5.74) is 0.245. The average molecular weight is 525 g/mol. The predicted molar refractivity (Wildman–Crippen MR) is 139 cm³/mol. The van der Waals surface area contributed by atoms with Crippen molar-refractivity contribution in [2.75, 3.05) is 6.26 Å². The van der Waals surface area contributed by atoms with Crippen LogP contribution in [0, 0.1) is 6.92 Å². The van der Waals surface area contributed by atoms with Crippen LogP contribution in [0.15, 0.2) is 72.8 Å². The van der Waals surface area contributed by atoms with E-state index in [1.807, 2.05) is 39.0 Å². The second kappa shape index (κ2) is 12.5. The Hall–Kier alpha value is -2.45. The minimum Gasteiger partial charge on any atom is -0.376 e. The van der Waals surface area contributed by atoms with E-state index < -0.39 is 15.6 Å². The van der Waals surface area contributed by atoms with Crippen LogP contribution in [0.1, 0.15) is 59.9 Å². The molecule has 190 valence electrons. The highest BCUT2D eigenvalue weighted by molar-refractivity contribution is 7.88. The lowest BCUT2D eigenvalue weighted by Crippen LogP contribution is -2.28. The van der Waals surface area contributed by atoms with Crippen molar-refractivity contribution >= 4 is 22.7 Å². The summed E-state index contributed by atoms with van der Waals surface area (Å²) in [5, 5.41) is 0. The third-order valence-electron chi connectivity index (χ3n) is 5.72. The number of benzene rings is 3. The number of thiol groups is 1. The summed E-state index contributed by atoms with van der Waals surface area (Å²) < 4.78 is 64.7. The molecule has 0 amide bonds. The lowest BCUT2D eigenvalue weighted by atomic mass is 9.69. The maximum Gasteiger partial charge on any atom is 0.534 e. The maximum atomic E-state index is 12.6. The molecule has 1 aliphatic rings. The third kappa shape index (κ3) is 6.82. The van der Waals surface area contributed by atoms with Crippen LogP contribution in [0.5, 0.6) is 5.75 Å². The zero-order chi connectivity index (χ0) is 26.2. The first kappa shape index (κ1) is 28.8. The molecule has 3 aromatic rings. The number of hydrogen-bond acceptors (Lipinski definition) is 4. The highest BCUT2D eigenvalue weighted by Gasteiger charge is 2.48. The molecule has 3 nitrogen and oxygen atoms in total. The second-order valence-electron chi connectivity index (χ2n) is 7.79. The Morgan fingerprint density at radius 1 is 0.886 bits per heavy atom. The lowest BCUT2D eigenvalue weighted by Gasteiger charge is -2.35. The van der Waals surface area contributed by atoms with Gasteiger partial charge in [-0.3, -0.25) is 0 Å². The van der Waals surface area contributed by atoms with E-state index in [0.29, 0.717) is 0 Å². The molecule has 0 aromatic heterocycles. The van der Waals surface area contributed by atoms with Crippen molar-refractivity contribution in [2.45, 2.75) is 51.0 Å². The summed E-state index contributed by atoms with van der Waals surface area (Å²) in [4.78, 5) is 0. The fraction of sp³-hybridized carbons (Fsp3) is 0.333. The first-order valence-electron chi connectivity index (χ1n) is 11.4. The van der Waals surface area contributed by atoms with Crippen molar-refractivity contribution in [3.05, 3.63) is 101 Å². The van der Waals surface area contributed by atoms with Gasteiger partial charge in [0.15, 0.2) is 0 Å². The molecular formula is C27H31F3O3S2. The van der Waals surface area contributed by atoms with Gasteiger partial charge in [0.1, 0.15) is 5.75 Å². The van der Waals surface area contributed by atoms with Gasteiger partial charge >= 0.3 is 15.6 Å². The van der Waals surface area contributed by atoms with Crippen molar-refractivity contribution in [3.8, 4) is 5.75 Å². The quantitative estimate of drug-likeness (QED) is 0.216. The van der Waals surface area contributed by atoms with Gasteiger partial charge in [0.2, 0.25) is 0 Å². The topological polar surface area (TPSA) is 43.4 Å². The van der Waals surface area contributed by atoms with Crippen LogP contribution in [0.4, 0.5) is 13.2 Å². The highest BCUT2D eigenvalue weighted by Crippen LogP contribution is 2.46. The second-order valence-corrected chi connectivity index (χ2v) is 9.33. The van der Waals surface area contributed by atoms with Gasteiger partial charge in [-0.05, 0) is 66.3 Å². The van der Waals surface area contributed by atoms with Crippen molar-refractivity contribution in [1.82, 2.24) is 0 Å². The molecule has 35 heavy (non-hydrogen) atoms. The summed E-state index contributed by atoms with van der Waals surface area (Å²) in [6, 6.07) is 22.3. The van der Waals surface area contributed by atoms with E-state index in [-0.39, 0.29) is 17.6 Å². The standard InChI is InChI=1S/C24H21F3O3S.C2H6.CH4S/c1-16-7-13-22-19(15-16)10-14-21(17-5-3-2-4-6-17)23(22)18-8-11-20(12-9-18)30-31(28,29)24(25,26)27;2*1-2/h2-9,11-13,15,21,23H,10,14H2,1H3;1-2H3;2H,1H3. The number of rotatable bonds is 4. The van der Waals surface area contributed by atoms with Gasteiger partial charge in [-0.1, -0.05) is 80.1 Å². The molecule has 1 aliphatic carbocycles. The Bertz CT molecular complexity index is 1180. The van der Waals surface area contributed by atoms with Crippen LogP contribution < -0.4 is 4.18 Å². The van der Waals surface area contributed by atoms with Gasteiger partial charge in [0.25, 0.3) is 0 Å². The molecule has 0 radical (unpaired) electrons. The van der Waals surface area contributed by atoms with Crippen LogP contribution in [0.3, 0.4) is 0 Å². The molecule has 0 spiro atoms. The van der Waals surface area contributed by atoms with E-state index in [9.17, 15) is 21.6 Å². The van der Waals surface area contributed by atoms with Gasteiger partial charge in [0, 0.05) is 5.92 Å². The average Bonchev–Trinajstić information content (AvgIpc) is 2.86.